The molecule has 0 aromatic carbocycles. The quantitative estimate of drug-likeness (QED) is 0.872. The predicted molar refractivity (Wildman–Crippen MR) is 88.4 cm³/mol. The largest absolute Gasteiger partial charge is 0.339 e. The third-order valence-electron chi connectivity index (χ3n) is 4.42. The molecule has 3 nitrogen and oxygen atoms in total. The van der Waals surface area contributed by atoms with Gasteiger partial charge in [-0.3, -0.25) is 4.79 Å². The molecule has 1 aliphatic carbocycles. The summed E-state index contributed by atoms with van der Waals surface area (Å²) in [5.41, 5.74) is 6.12. The zero-order chi connectivity index (χ0) is 15.2. The maximum atomic E-state index is 12.5. The van der Waals surface area contributed by atoms with E-state index in [9.17, 15) is 4.79 Å². The minimum atomic E-state index is 0.118. The van der Waals surface area contributed by atoms with Crippen LogP contribution in [0.25, 0.3) is 0 Å². The fourth-order valence-electron chi connectivity index (χ4n) is 2.96. The van der Waals surface area contributed by atoms with Crippen LogP contribution < -0.4 is 5.73 Å². The molecule has 1 heterocycles. The molecule has 1 fully saturated rings. The standard InChI is InChI=1S/C17H24N2OS/c1-3-13-6-8-15(9-7-13)19(2)17(20)14-11-16(21-12-14)5-4-10-18/h11-13,15H,3,6-10,18H2,1-2H3. The summed E-state index contributed by atoms with van der Waals surface area (Å²) in [6.07, 6.45) is 6.01. The first kappa shape index (κ1) is 16.1. The average molecular weight is 304 g/mol. The number of hydrogen-bond acceptors (Lipinski definition) is 3. The Kier molecular flexibility index (Phi) is 5.84. The molecule has 1 aromatic heterocycles. The number of thiophene rings is 1. The van der Waals surface area contributed by atoms with Gasteiger partial charge in [0.1, 0.15) is 0 Å². The summed E-state index contributed by atoms with van der Waals surface area (Å²) in [5, 5.41) is 1.90. The molecule has 21 heavy (non-hydrogen) atoms. The van der Waals surface area contributed by atoms with Gasteiger partial charge in [-0.1, -0.05) is 25.2 Å². The van der Waals surface area contributed by atoms with Crippen molar-refractivity contribution in [2.75, 3.05) is 13.6 Å². The van der Waals surface area contributed by atoms with Crippen LogP contribution in [0.15, 0.2) is 11.4 Å². The molecule has 2 N–H and O–H groups in total. The zero-order valence-corrected chi connectivity index (χ0v) is 13.7. The van der Waals surface area contributed by atoms with E-state index in [1.165, 1.54) is 30.6 Å². The van der Waals surface area contributed by atoms with E-state index in [1.807, 2.05) is 23.4 Å². The molecule has 0 atom stereocenters. The van der Waals surface area contributed by atoms with Crippen molar-refractivity contribution >= 4 is 17.2 Å². The van der Waals surface area contributed by atoms with Crippen molar-refractivity contribution < 1.29 is 4.79 Å². The van der Waals surface area contributed by atoms with Crippen molar-refractivity contribution in [1.82, 2.24) is 4.90 Å². The van der Waals surface area contributed by atoms with Gasteiger partial charge in [-0.2, -0.15) is 0 Å². The normalized spacial score (nSPS) is 21.5. The number of amides is 1. The Hall–Kier alpha value is -1.31. The summed E-state index contributed by atoms with van der Waals surface area (Å²) in [5.74, 6) is 6.78. The van der Waals surface area contributed by atoms with Gasteiger partial charge in [0, 0.05) is 18.5 Å². The number of nitrogens with two attached hydrogens (primary N) is 1. The van der Waals surface area contributed by atoms with Crippen LogP contribution in [0.2, 0.25) is 0 Å². The van der Waals surface area contributed by atoms with Crippen LogP contribution >= 0.6 is 11.3 Å². The molecule has 114 valence electrons. The number of rotatable bonds is 3. The summed E-state index contributed by atoms with van der Waals surface area (Å²) < 4.78 is 0. The van der Waals surface area contributed by atoms with Crippen LogP contribution in [0.3, 0.4) is 0 Å². The second kappa shape index (κ2) is 7.63. The fourth-order valence-corrected chi connectivity index (χ4v) is 3.71. The van der Waals surface area contributed by atoms with Gasteiger partial charge < -0.3 is 10.6 Å². The van der Waals surface area contributed by atoms with E-state index in [0.717, 1.165) is 29.2 Å². The molecule has 0 saturated heterocycles. The fraction of sp³-hybridized carbons (Fsp3) is 0.588. The molecule has 1 amide bonds. The molecule has 0 radical (unpaired) electrons. The number of hydrogen-bond donors (Lipinski definition) is 1. The molecule has 0 spiro atoms. The van der Waals surface area contributed by atoms with Crippen molar-refractivity contribution in [3.05, 3.63) is 21.9 Å². The lowest BCUT2D eigenvalue weighted by molar-refractivity contribution is 0.0675. The topological polar surface area (TPSA) is 46.3 Å². The van der Waals surface area contributed by atoms with E-state index < -0.39 is 0 Å². The third kappa shape index (κ3) is 4.09. The SMILES string of the molecule is CCC1CCC(N(C)C(=O)c2csc(C#CCN)c2)CC1. The first-order valence-electron chi connectivity index (χ1n) is 7.70. The summed E-state index contributed by atoms with van der Waals surface area (Å²) >= 11 is 1.51. The molecule has 1 aromatic rings. The zero-order valence-electron chi connectivity index (χ0n) is 12.9. The molecule has 2 rings (SSSR count). The lowest BCUT2D eigenvalue weighted by Gasteiger charge is -2.34. The van der Waals surface area contributed by atoms with Gasteiger partial charge in [0.25, 0.3) is 5.91 Å². The van der Waals surface area contributed by atoms with Crippen molar-refractivity contribution in [2.45, 2.75) is 45.1 Å². The summed E-state index contributed by atoms with van der Waals surface area (Å²) in [4.78, 5) is 15.4. The molecule has 0 unspecified atom stereocenters. The van der Waals surface area contributed by atoms with Crippen molar-refractivity contribution in [3.8, 4) is 11.8 Å². The average Bonchev–Trinajstić information content (AvgIpc) is 3.00. The van der Waals surface area contributed by atoms with Gasteiger partial charge in [-0.15, -0.1) is 11.3 Å². The summed E-state index contributed by atoms with van der Waals surface area (Å²) in [6, 6.07) is 2.27. The van der Waals surface area contributed by atoms with Crippen LogP contribution in [-0.4, -0.2) is 30.4 Å². The van der Waals surface area contributed by atoms with Gasteiger partial charge in [-0.05, 0) is 37.7 Å². The van der Waals surface area contributed by atoms with Gasteiger partial charge in [0.15, 0.2) is 0 Å². The Morgan fingerprint density at radius 2 is 2.14 bits per heavy atom. The van der Waals surface area contributed by atoms with Crippen LogP contribution in [0, 0.1) is 17.8 Å². The van der Waals surface area contributed by atoms with Crippen LogP contribution in [0.1, 0.15) is 54.3 Å². The van der Waals surface area contributed by atoms with E-state index in [4.69, 9.17) is 5.73 Å². The molecular formula is C17H24N2OS. The first-order chi connectivity index (χ1) is 10.2. The van der Waals surface area contributed by atoms with Crippen LogP contribution in [0.5, 0.6) is 0 Å². The minimum absolute atomic E-state index is 0.118. The van der Waals surface area contributed by atoms with E-state index >= 15 is 0 Å². The van der Waals surface area contributed by atoms with Crippen LogP contribution in [0.4, 0.5) is 0 Å². The van der Waals surface area contributed by atoms with Gasteiger partial charge in [0.2, 0.25) is 0 Å². The molecule has 4 heteroatoms. The second-order valence-corrected chi connectivity index (χ2v) is 6.62. The Balaban J connectivity index is 1.97. The molecular weight excluding hydrogens is 280 g/mol. The van der Waals surface area contributed by atoms with Gasteiger partial charge in [0.05, 0.1) is 17.0 Å². The second-order valence-electron chi connectivity index (χ2n) is 5.70. The Morgan fingerprint density at radius 3 is 2.76 bits per heavy atom. The third-order valence-corrected chi connectivity index (χ3v) is 5.27. The van der Waals surface area contributed by atoms with E-state index in [-0.39, 0.29) is 5.91 Å². The number of carbonyl (C=O) groups is 1. The monoisotopic (exact) mass is 304 g/mol. The lowest BCUT2D eigenvalue weighted by atomic mass is 9.84. The highest BCUT2D eigenvalue weighted by Gasteiger charge is 2.26. The minimum Gasteiger partial charge on any atom is -0.339 e. The number of nitrogens with zero attached hydrogens (tertiary/aromatic N) is 1. The number of carbonyl (C=O) groups excluding carboxylic acids is 1. The van der Waals surface area contributed by atoms with E-state index in [0.29, 0.717) is 12.6 Å². The Morgan fingerprint density at radius 1 is 1.43 bits per heavy atom. The van der Waals surface area contributed by atoms with Crippen molar-refractivity contribution in [1.29, 1.82) is 0 Å². The smallest absolute Gasteiger partial charge is 0.254 e. The van der Waals surface area contributed by atoms with Gasteiger partial charge in [-0.25, -0.2) is 0 Å². The molecule has 1 saturated carbocycles. The van der Waals surface area contributed by atoms with Gasteiger partial charge >= 0.3 is 0 Å². The lowest BCUT2D eigenvalue weighted by Crippen LogP contribution is -2.39. The summed E-state index contributed by atoms with van der Waals surface area (Å²) in [7, 11) is 1.93. The highest BCUT2D eigenvalue weighted by atomic mass is 32.1. The Labute approximate surface area is 131 Å². The van der Waals surface area contributed by atoms with Crippen molar-refractivity contribution in [3.63, 3.8) is 0 Å². The first-order valence-corrected chi connectivity index (χ1v) is 8.58. The van der Waals surface area contributed by atoms with Crippen molar-refractivity contribution in [2.24, 2.45) is 11.7 Å². The highest BCUT2D eigenvalue weighted by Crippen LogP contribution is 2.29. The Bertz CT molecular complexity index is 532. The predicted octanol–water partition coefficient (Wildman–Crippen LogP) is 3.10. The maximum absolute atomic E-state index is 12.5. The molecule has 0 bridgehead atoms. The summed E-state index contributed by atoms with van der Waals surface area (Å²) in [6.45, 7) is 2.61. The highest BCUT2D eigenvalue weighted by molar-refractivity contribution is 7.10. The maximum Gasteiger partial charge on any atom is 0.254 e. The van der Waals surface area contributed by atoms with Crippen LogP contribution in [-0.2, 0) is 0 Å². The van der Waals surface area contributed by atoms with E-state index in [1.54, 1.807) is 0 Å². The van der Waals surface area contributed by atoms with E-state index in [2.05, 4.69) is 18.8 Å². The molecule has 1 aliphatic rings. The molecule has 0 aliphatic heterocycles.